The smallest absolute Gasteiger partial charge is 0.321 e. The van der Waals surface area contributed by atoms with Crippen molar-refractivity contribution in [2.24, 2.45) is 0 Å². The van der Waals surface area contributed by atoms with Gasteiger partial charge < -0.3 is 19.7 Å². The van der Waals surface area contributed by atoms with Gasteiger partial charge in [-0.15, -0.1) is 0 Å². The van der Waals surface area contributed by atoms with Crippen molar-refractivity contribution in [1.29, 1.82) is 0 Å². The highest BCUT2D eigenvalue weighted by molar-refractivity contribution is 5.89. The molecule has 1 atom stereocenters. The third-order valence-corrected chi connectivity index (χ3v) is 3.84. The van der Waals surface area contributed by atoms with Crippen molar-refractivity contribution in [2.45, 2.75) is 18.9 Å². The number of amides is 2. The Morgan fingerprint density at radius 2 is 2.12 bits per heavy atom. The number of methoxy groups -OCH3 is 1. The number of rotatable bonds is 4. The molecule has 0 saturated carbocycles. The van der Waals surface area contributed by atoms with E-state index in [4.69, 9.17) is 9.47 Å². The highest BCUT2D eigenvalue weighted by Crippen LogP contribution is 2.19. The van der Waals surface area contributed by atoms with E-state index in [2.05, 4.69) is 15.3 Å². The fraction of sp³-hybridized carbons (Fsp3) is 0.353. The lowest BCUT2D eigenvalue weighted by molar-refractivity contribution is 0.102. The minimum absolute atomic E-state index is 0.160. The number of halogens is 1. The van der Waals surface area contributed by atoms with E-state index in [9.17, 15) is 9.18 Å². The Balaban J connectivity index is 1.58. The molecule has 1 aromatic carbocycles. The largest absolute Gasteiger partial charge is 0.472 e. The highest BCUT2D eigenvalue weighted by atomic mass is 19.1. The van der Waals surface area contributed by atoms with Gasteiger partial charge in [0, 0.05) is 24.5 Å². The summed E-state index contributed by atoms with van der Waals surface area (Å²) in [5, 5.41) is 2.76. The SMILES string of the molecule is COc1nccc(OC2CCCN(C(=O)Nc3ccc(F)cc3)C2)n1. The van der Waals surface area contributed by atoms with E-state index in [0.29, 0.717) is 24.7 Å². The number of nitrogens with one attached hydrogen (secondary N) is 1. The van der Waals surface area contributed by atoms with Crippen LogP contribution in [0.4, 0.5) is 14.9 Å². The van der Waals surface area contributed by atoms with Crippen LogP contribution in [0, 0.1) is 5.82 Å². The molecule has 0 radical (unpaired) electrons. The van der Waals surface area contributed by atoms with Gasteiger partial charge in [0.2, 0.25) is 5.88 Å². The summed E-state index contributed by atoms with van der Waals surface area (Å²) >= 11 is 0. The zero-order valence-corrected chi connectivity index (χ0v) is 13.8. The molecule has 0 spiro atoms. The van der Waals surface area contributed by atoms with Crippen molar-refractivity contribution in [2.75, 3.05) is 25.5 Å². The van der Waals surface area contributed by atoms with Gasteiger partial charge in [-0.05, 0) is 37.1 Å². The molecule has 1 unspecified atom stereocenters. The number of hydrogen-bond donors (Lipinski definition) is 1. The second-order valence-electron chi connectivity index (χ2n) is 5.65. The first-order valence-corrected chi connectivity index (χ1v) is 7.99. The fourth-order valence-corrected chi connectivity index (χ4v) is 2.61. The molecule has 1 N–H and O–H groups in total. The Labute approximate surface area is 144 Å². The van der Waals surface area contributed by atoms with Crippen molar-refractivity contribution in [1.82, 2.24) is 14.9 Å². The lowest BCUT2D eigenvalue weighted by atomic mass is 10.1. The van der Waals surface area contributed by atoms with Crippen LogP contribution in [0.1, 0.15) is 12.8 Å². The number of benzene rings is 1. The maximum Gasteiger partial charge on any atom is 0.321 e. The predicted molar refractivity (Wildman–Crippen MR) is 89.2 cm³/mol. The average Bonchev–Trinajstić information content (AvgIpc) is 2.64. The first-order valence-electron chi connectivity index (χ1n) is 7.99. The van der Waals surface area contributed by atoms with Crippen LogP contribution in [0.25, 0.3) is 0 Å². The summed E-state index contributed by atoms with van der Waals surface area (Å²) in [5.41, 5.74) is 0.551. The molecular weight excluding hydrogens is 327 g/mol. The van der Waals surface area contributed by atoms with Gasteiger partial charge in [-0.1, -0.05) is 0 Å². The monoisotopic (exact) mass is 346 g/mol. The van der Waals surface area contributed by atoms with Gasteiger partial charge in [-0.25, -0.2) is 14.2 Å². The number of anilines is 1. The minimum Gasteiger partial charge on any atom is -0.472 e. The van der Waals surface area contributed by atoms with E-state index < -0.39 is 0 Å². The van der Waals surface area contributed by atoms with E-state index in [1.165, 1.54) is 31.4 Å². The molecule has 1 fully saturated rings. The van der Waals surface area contributed by atoms with Crippen LogP contribution in [0.5, 0.6) is 11.9 Å². The van der Waals surface area contributed by atoms with Crippen LogP contribution < -0.4 is 14.8 Å². The number of aromatic nitrogens is 2. The zero-order chi connectivity index (χ0) is 17.6. The van der Waals surface area contributed by atoms with Gasteiger partial charge in [0.1, 0.15) is 11.9 Å². The van der Waals surface area contributed by atoms with Gasteiger partial charge in [0.25, 0.3) is 0 Å². The Morgan fingerprint density at radius 3 is 2.88 bits per heavy atom. The highest BCUT2D eigenvalue weighted by Gasteiger charge is 2.25. The lowest BCUT2D eigenvalue weighted by Gasteiger charge is -2.32. The maximum absolute atomic E-state index is 12.9. The van der Waals surface area contributed by atoms with Gasteiger partial charge in [-0.3, -0.25) is 0 Å². The summed E-state index contributed by atoms with van der Waals surface area (Å²) in [6.07, 6.45) is 3.05. The molecule has 1 aliphatic rings. The van der Waals surface area contributed by atoms with Crippen LogP contribution in [0.2, 0.25) is 0 Å². The lowest BCUT2D eigenvalue weighted by Crippen LogP contribution is -2.46. The van der Waals surface area contributed by atoms with Crippen molar-refractivity contribution in [3.63, 3.8) is 0 Å². The number of carbonyl (C=O) groups is 1. The predicted octanol–water partition coefficient (Wildman–Crippen LogP) is 2.70. The molecular formula is C17H19FN4O3. The second kappa shape index (κ2) is 7.78. The number of hydrogen-bond acceptors (Lipinski definition) is 5. The average molecular weight is 346 g/mol. The molecule has 1 saturated heterocycles. The second-order valence-corrected chi connectivity index (χ2v) is 5.65. The topological polar surface area (TPSA) is 76.6 Å². The Morgan fingerprint density at radius 1 is 1.32 bits per heavy atom. The Kier molecular flexibility index (Phi) is 5.27. The van der Waals surface area contributed by atoms with E-state index in [-0.39, 0.29) is 24.0 Å². The number of carbonyl (C=O) groups excluding carboxylic acids is 1. The minimum atomic E-state index is -0.343. The molecule has 2 aromatic rings. The third-order valence-electron chi connectivity index (χ3n) is 3.84. The number of likely N-dealkylation sites (tertiary alicyclic amines) is 1. The molecule has 2 heterocycles. The number of piperidine rings is 1. The normalized spacial score (nSPS) is 17.0. The van der Waals surface area contributed by atoms with Gasteiger partial charge in [-0.2, -0.15) is 4.98 Å². The fourth-order valence-electron chi connectivity index (χ4n) is 2.61. The summed E-state index contributed by atoms with van der Waals surface area (Å²) in [6.45, 7) is 1.08. The number of nitrogens with zero attached hydrogens (tertiary/aromatic N) is 3. The zero-order valence-electron chi connectivity index (χ0n) is 13.8. The summed E-state index contributed by atoms with van der Waals surface area (Å²) < 4.78 is 23.7. The van der Waals surface area contributed by atoms with Gasteiger partial charge in [0.05, 0.1) is 13.7 Å². The summed E-state index contributed by atoms with van der Waals surface area (Å²) in [7, 11) is 1.49. The molecule has 25 heavy (non-hydrogen) atoms. The Bertz CT molecular complexity index is 726. The number of urea groups is 1. The molecule has 2 amide bonds. The van der Waals surface area contributed by atoms with Crippen molar-refractivity contribution >= 4 is 11.7 Å². The van der Waals surface area contributed by atoms with E-state index in [1.54, 1.807) is 17.2 Å². The first-order chi connectivity index (χ1) is 12.1. The number of ether oxygens (including phenoxy) is 2. The van der Waals surface area contributed by atoms with Crippen molar-refractivity contribution < 1.29 is 18.7 Å². The van der Waals surface area contributed by atoms with E-state index in [1.807, 2.05) is 0 Å². The Hall–Kier alpha value is -2.90. The molecule has 132 valence electrons. The van der Waals surface area contributed by atoms with Crippen LogP contribution >= 0.6 is 0 Å². The molecule has 1 aliphatic heterocycles. The summed E-state index contributed by atoms with van der Waals surface area (Å²) in [6, 6.07) is 7.32. The van der Waals surface area contributed by atoms with Crippen molar-refractivity contribution in [3.8, 4) is 11.9 Å². The van der Waals surface area contributed by atoms with Crippen LogP contribution in [0.3, 0.4) is 0 Å². The van der Waals surface area contributed by atoms with Gasteiger partial charge >= 0.3 is 12.0 Å². The molecule has 1 aromatic heterocycles. The summed E-state index contributed by atoms with van der Waals surface area (Å²) in [4.78, 5) is 22.1. The van der Waals surface area contributed by atoms with Crippen LogP contribution in [-0.4, -0.2) is 47.2 Å². The van der Waals surface area contributed by atoms with Crippen LogP contribution in [-0.2, 0) is 0 Å². The van der Waals surface area contributed by atoms with E-state index >= 15 is 0 Å². The van der Waals surface area contributed by atoms with Gasteiger partial charge in [0.15, 0.2) is 0 Å². The standard InChI is InChI=1S/C17H19FN4O3/c1-24-16-19-9-8-15(21-16)25-14-3-2-10-22(11-14)17(23)20-13-6-4-12(18)5-7-13/h4-9,14H,2-3,10-11H2,1H3,(H,20,23). The molecule has 3 rings (SSSR count). The molecule has 8 heteroatoms. The van der Waals surface area contributed by atoms with E-state index in [0.717, 1.165) is 12.8 Å². The third kappa shape index (κ3) is 4.56. The summed E-state index contributed by atoms with van der Waals surface area (Å²) in [5.74, 6) is 0.0716. The molecule has 0 aliphatic carbocycles. The van der Waals surface area contributed by atoms with Crippen LogP contribution in [0.15, 0.2) is 36.5 Å². The molecule has 0 bridgehead atoms. The quantitative estimate of drug-likeness (QED) is 0.921. The first kappa shape index (κ1) is 16.9. The van der Waals surface area contributed by atoms with Crippen molar-refractivity contribution in [3.05, 3.63) is 42.3 Å². The maximum atomic E-state index is 12.9. The molecule has 7 nitrogen and oxygen atoms in total.